The summed E-state index contributed by atoms with van der Waals surface area (Å²) in [6.07, 6.45) is 2.57. The Kier molecular flexibility index (Phi) is 16.1. The molecule has 1 fully saturated rings. The van der Waals surface area contributed by atoms with E-state index in [0.717, 1.165) is 40.2 Å². The first kappa shape index (κ1) is 46.6. The SMILES string of the molecule is C#C[C@]1(F)[C@H](BC(c2ccccc2)(c2ccc(OC)cc2)c2ccc(OC)cc2)O[C@H](COP(=O)(OCCSC(=O)C(C)(C)C)OCCSC(=O)C(C)(C)C)[C@H]1O. The topological polar surface area (TPSA) is 127 Å². The molecule has 0 saturated carbocycles. The van der Waals surface area contributed by atoms with Crippen molar-refractivity contribution in [1.82, 2.24) is 0 Å². The summed E-state index contributed by atoms with van der Waals surface area (Å²) in [4.78, 5) is 24.9. The average molecular weight is 843 g/mol. The van der Waals surface area contributed by atoms with Crippen LogP contribution in [0, 0.1) is 23.2 Å². The van der Waals surface area contributed by atoms with Crippen LogP contribution in [0.15, 0.2) is 78.9 Å². The number of aliphatic hydroxyl groups is 1. The lowest BCUT2D eigenvalue weighted by atomic mass is 9.40. The van der Waals surface area contributed by atoms with Crippen LogP contribution in [-0.4, -0.2) is 92.0 Å². The van der Waals surface area contributed by atoms with Crippen molar-refractivity contribution in [2.75, 3.05) is 45.5 Å². The zero-order valence-electron chi connectivity index (χ0n) is 33.8. The van der Waals surface area contributed by atoms with Gasteiger partial charge in [0.2, 0.25) is 5.67 Å². The van der Waals surface area contributed by atoms with Gasteiger partial charge in [-0.05, 0) is 41.0 Å². The molecule has 308 valence electrons. The molecular formula is C42H53BFO10PS2. The van der Waals surface area contributed by atoms with Crippen LogP contribution in [0.3, 0.4) is 0 Å². The molecule has 15 heteroatoms. The lowest BCUT2D eigenvalue weighted by Crippen LogP contribution is -2.52. The van der Waals surface area contributed by atoms with Crippen LogP contribution < -0.4 is 9.47 Å². The summed E-state index contributed by atoms with van der Waals surface area (Å²) in [5.74, 6) is 3.72. The van der Waals surface area contributed by atoms with Crippen molar-refractivity contribution >= 4 is 48.9 Å². The zero-order valence-corrected chi connectivity index (χ0v) is 36.3. The Hall–Kier alpha value is -3.12. The Bertz CT molecular complexity index is 1790. The van der Waals surface area contributed by atoms with E-state index in [2.05, 4.69) is 5.92 Å². The Morgan fingerprint density at radius 3 is 1.65 bits per heavy atom. The Morgan fingerprint density at radius 2 is 1.25 bits per heavy atom. The number of thioether (sulfide) groups is 2. The van der Waals surface area contributed by atoms with Crippen molar-refractivity contribution < 1.29 is 51.4 Å². The molecule has 10 nitrogen and oxygen atoms in total. The second-order valence-electron chi connectivity index (χ2n) is 15.6. The smallest absolute Gasteiger partial charge is 0.474 e. The van der Waals surface area contributed by atoms with E-state index < -0.39 is 54.5 Å². The van der Waals surface area contributed by atoms with Crippen LogP contribution in [0.4, 0.5) is 4.39 Å². The molecule has 1 aliphatic rings. The fourth-order valence-electron chi connectivity index (χ4n) is 6.23. The summed E-state index contributed by atoms with van der Waals surface area (Å²) in [5.41, 5.74) is -1.57. The number of alkyl halides is 1. The molecule has 0 aromatic heterocycles. The molecule has 0 radical (unpaired) electrons. The lowest BCUT2D eigenvalue weighted by molar-refractivity contribution is -0.118. The molecule has 4 rings (SSSR count). The first-order valence-corrected chi connectivity index (χ1v) is 22.0. The predicted molar refractivity (Wildman–Crippen MR) is 226 cm³/mol. The number of benzene rings is 3. The van der Waals surface area contributed by atoms with Gasteiger partial charge in [0.15, 0.2) is 17.5 Å². The highest BCUT2D eigenvalue weighted by molar-refractivity contribution is 8.14. The van der Waals surface area contributed by atoms with E-state index in [0.29, 0.717) is 11.5 Å². The molecule has 57 heavy (non-hydrogen) atoms. The molecule has 1 aliphatic heterocycles. The summed E-state index contributed by atoms with van der Waals surface area (Å²) in [5, 5.41) is 10.3. The molecular weight excluding hydrogens is 789 g/mol. The minimum Gasteiger partial charge on any atom is -0.497 e. The average Bonchev–Trinajstić information content (AvgIpc) is 3.43. The van der Waals surface area contributed by atoms with Gasteiger partial charge in [-0.25, -0.2) is 8.96 Å². The van der Waals surface area contributed by atoms with Gasteiger partial charge in [0.25, 0.3) is 0 Å². The molecule has 1 saturated heterocycles. The van der Waals surface area contributed by atoms with Crippen molar-refractivity contribution in [3.63, 3.8) is 0 Å². The van der Waals surface area contributed by atoms with Gasteiger partial charge in [-0.1, -0.05) is 126 Å². The van der Waals surface area contributed by atoms with E-state index in [1.54, 1.807) is 55.8 Å². The highest BCUT2D eigenvalue weighted by atomic mass is 32.2. The highest BCUT2D eigenvalue weighted by Gasteiger charge is 2.59. The normalized spacial score (nSPS) is 20.1. The van der Waals surface area contributed by atoms with E-state index in [1.165, 1.54) is 0 Å². The highest BCUT2D eigenvalue weighted by Crippen LogP contribution is 2.51. The van der Waals surface area contributed by atoms with Crippen LogP contribution in [-0.2, 0) is 37.8 Å². The molecule has 3 aromatic rings. The fourth-order valence-corrected chi connectivity index (χ4v) is 9.23. The first-order valence-electron chi connectivity index (χ1n) is 18.6. The van der Waals surface area contributed by atoms with Gasteiger partial charge in [0.05, 0.1) is 40.0 Å². The maximum Gasteiger partial charge on any atom is 0.474 e. The Labute approximate surface area is 345 Å². The van der Waals surface area contributed by atoms with Crippen LogP contribution in [0.5, 0.6) is 11.5 Å². The molecule has 0 bridgehead atoms. The summed E-state index contributed by atoms with van der Waals surface area (Å²) in [7, 11) is -1.35. The van der Waals surface area contributed by atoms with E-state index in [9.17, 15) is 19.3 Å². The van der Waals surface area contributed by atoms with Crippen LogP contribution in [0.25, 0.3) is 0 Å². The molecule has 0 amide bonds. The van der Waals surface area contributed by atoms with Crippen molar-refractivity contribution in [2.45, 2.75) is 70.7 Å². The van der Waals surface area contributed by atoms with Gasteiger partial charge in [-0.3, -0.25) is 23.2 Å². The number of hydrogen-bond donors (Lipinski definition) is 1. The third kappa shape index (κ3) is 11.5. The number of hydrogen-bond acceptors (Lipinski definition) is 12. The second kappa shape index (κ2) is 19.8. The maximum atomic E-state index is 17.2. The van der Waals surface area contributed by atoms with E-state index in [-0.39, 0.29) is 42.2 Å². The van der Waals surface area contributed by atoms with Gasteiger partial charge in [0.1, 0.15) is 23.7 Å². The molecule has 4 atom stereocenters. The maximum absolute atomic E-state index is 17.2. The summed E-state index contributed by atoms with van der Waals surface area (Å²) in [6, 6.07) is 22.9. The van der Waals surface area contributed by atoms with Gasteiger partial charge < -0.3 is 19.3 Å². The number of ether oxygens (including phenoxy) is 3. The predicted octanol–water partition coefficient (Wildman–Crippen LogP) is 7.63. The molecule has 0 aliphatic carbocycles. The van der Waals surface area contributed by atoms with Crippen molar-refractivity contribution in [3.05, 3.63) is 95.6 Å². The van der Waals surface area contributed by atoms with Gasteiger partial charge in [0, 0.05) is 27.7 Å². The number of phosphoric acid groups is 1. The molecule has 0 spiro atoms. The fraction of sp³-hybridized carbons (Fsp3) is 0.476. The van der Waals surface area contributed by atoms with Crippen molar-refractivity contribution in [2.24, 2.45) is 10.8 Å². The second-order valence-corrected chi connectivity index (χ2v) is 19.4. The van der Waals surface area contributed by atoms with Gasteiger partial charge >= 0.3 is 7.82 Å². The van der Waals surface area contributed by atoms with E-state index >= 15 is 4.39 Å². The van der Waals surface area contributed by atoms with E-state index in [4.69, 9.17) is 34.2 Å². The van der Waals surface area contributed by atoms with Gasteiger partial charge in [-0.2, -0.15) is 0 Å². The minimum absolute atomic E-state index is 0.0767. The van der Waals surface area contributed by atoms with E-state index in [1.807, 2.05) is 78.9 Å². The minimum atomic E-state index is -4.41. The summed E-state index contributed by atoms with van der Waals surface area (Å²) < 4.78 is 65.4. The number of rotatable bonds is 18. The third-order valence-electron chi connectivity index (χ3n) is 9.49. The number of phosphoric ester groups is 1. The zero-order chi connectivity index (χ0) is 42.1. The lowest BCUT2D eigenvalue weighted by Gasteiger charge is -2.39. The number of terminal acetylenes is 1. The van der Waals surface area contributed by atoms with Crippen molar-refractivity contribution in [1.29, 1.82) is 0 Å². The Morgan fingerprint density at radius 1 is 0.807 bits per heavy atom. The summed E-state index contributed by atoms with van der Waals surface area (Å²) >= 11 is 2.03. The van der Waals surface area contributed by atoms with Crippen LogP contribution >= 0.6 is 31.3 Å². The largest absolute Gasteiger partial charge is 0.497 e. The first-order chi connectivity index (χ1) is 26.8. The number of carbonyl (C=O) groups is 2. The van der Waals surface area contributed by atoms with Gasteiger partial charge in [-0.15, -0.1) is 6.42 Å². The van der Waals surface area contributed by atoms with Crippen molar-refractivity contribution in [3.8, 4) is 23.8 Å². The number of carbonyl (C=O) groups excluding carboxylic acids is 2. The molecule has 0 unspecified atom stereocenters. The number of methoxy groups -OCH3 is 2. The standard InChI is InChI=1S/C42H53BFO10PS2/c1-10-41(44)35(45)34(28-53-55(48,51-24-26-56-37(46)39(2,3)4)52-25-27-57-38(47)40(5,6)7)54-36(41)43-42(29-14-12-11-13-15-29,30-16-20-32(49-8)21-17-30)31-18-22-33(50-9)23-19-31/h1,11-23,34-36,43,45H,24-28H2,2-9H3/t34-,35-,36-,41-/m1/s1. The number of aliphatic hydroxyl groups excluding tert-OH is 1. The molecule has 1 heterocycles. The monoisotopic (exact) mass is 842 g/mol. The summed E-state index contributed by atoms with van der Waals surface area (Å²) in [6.45, 7) is 9.74. The quantitative estimate of drug-likeness (QED) is 0.0445. The Balaban J connectivity index is 1.65. The van der Waals surface area contributed by atoms with Crippen LogP contribution in [0.2, 0.25) is 0 Å². The molecule has 3 aromatic carbocycles. The van der Waals surface area contributed by atoms with Crippen LogP contribution in [0.1, 0.15) is 58.2 Å². The third-order valence-corrected chi connectivity index (χ3v) is 13.4. The molecule has 1 N–H and O–H groups in total. The number of halogens is 1.